The number of carbonyl (C=O) groups excluding carboxylic acids is 1. The van der Waals surface area contributed by atoms with Gasteiger partial charge in [0.1, 0.15) is 0 Å². The summed E-state index contributed by atoms with van der Waals surface area (Å²) in [4.78, 5) is 13.8. The van der Waals surface area contributed by atoms with Gasteiger partial charge in [0.05, 0.1) is 0 Å². The van der Waals surface area contributed by atoms with Crippen molar-refractivity contribution >= 4 is 5.91 Å². The fraction of sp³-hybridized carbons (Fsp3) is 0.727. The number of hydrogen-bond donors (Lipinski definition) is 1. The maximum absolute atomic E-state index is 11.9. The molecule has 1 saturated heterocycles. The topological polar surface area (TPSA) is 40.5 Å². The summed E-state index contributed by atoms with van der Waals surface area (Å²) in [5, 5.41) is 8.98. The fourth-order valence-electron chi connectivity index (χ4n) is 2.26. The lowest BCUT2D eigenvalue weighted by Gasteiger charge is -2.20. The van der Waals surface area contributed by atoms with Gasteiger partial charge < -0.3 is 10.0 Å². The molecule has 0 radical (unpaired) electrons. The molecule has 3 heteroatoms. The third kappa shape index (κ3) is 1.82. The predicted molar refractivity (Wildman–Crippen MR) is 53.6 cm³/mol. The van der Waals surface area contributed by atoms with E-state index >= 15 is 0 Å². The minimum atomic E-state index is 0.187. The number of hydrogen-bond acceptors (Lipinski definition) is 2. The van der Waals surface area contributed by atoms with Crippen molar-refractivity contribution < 1.29 is 9.90 Å². The highest BCUT2D eigenvalue weighted by Crippen LogP contribution is 2.24. The number of allylic oxidation sites excluding steroid dienone is 2. The molecule has 0 unspecified atom stereocenters. The number of likely N-dealkylation sites (tertiary alicyclic amines) is 1. The van der Waals surface area contributed by atoms with E-state index in [4.69, 9.17) is 5.11 Å². The first kappa shape index (κ1) is 9.71. The lowest BCUT2D eigenvalue weighted by molar-refractivity contribution is -0.134. The molecule has 1 fully saturated rings. The summed E-state index contributed by atoms with van der Waals surface area (Å²) >= 11 is 0. The van der Waals surface area contributed by atoms with E-state index in [1.807, 2.05) is 4.90 Å². The maximum Gasteiger partial charge on any atom is 0.226 e. The van der Waals surface area contributed by atoms with E-state index in [0.29, 0.717) is 5.92 Å². The van der Waals surface area contributed by atoms with Gasteiger partial charge in [-0.05, 0) is 19.3 Å². The van der Waals surface area contributed by atoms with Crippen molar-refractivity contribution in [2.24, 2.45) is 11.8 Å². The monoisotopic (exact) mass is 195 g/mol. The van der Waals surface area contributed by atoms with E-state index in [-0.39, 0.29) is 18.4 Å². The lowest BCUT2D eigenvalue weighted by Crippen LogP contribution is -2.33. The zero-order valence-electron chi connectivity index (χ0n) is 8.35. The maximum atomic E-state index is 11.9. The van der Waals surface area contributed by atoms with Crippen molar-refractivity contribution in [3.63, 3.8) is 0 Å². The second kappa shape index (κ2) is 4.13. The van der Waals surface area contributed by atoms with Gasteiger partial charge in [0.2, 0.25) is 5.91 Å². The van der Waals surface area contributed by atoms with Crippen molar-refractivity contribution in [1.82, 2.24) is 4.90 Å². The number of carbonyl (C=O) groups is 1. The third-order valence-corrected chi connectivity index (χ3v) is 3.21. The van der Waals surface area contributed by atoms with Crippen LogP contribution in [0.1, 0.15) is 19.3 Å². The largest absolute Gasteiger partial charge is 0.396 e. The van der Waals surface area contributed by atoms with Gasteiger partial charge in [-0.25, -0.2) is 0 Å². The Bertz CT molecular complexity index is 242. The number of rotatable bonds is 2. The summed E-state index contributed by atoms with van der Waals surface area (Å²) in [5.41, 5.74) is 0. The second-order valence-corrected chi connectivity index (χ2v) is 4.26. The molecule has 0 aromatic heterocycles. The van der Waals surface area contributed by atoms with Crippen LogP contribution in [-0.2, 0) is 4.79 Å². The minimum absolute atomic E-state index is 0.187. The molecule has 0 aromatic carbocycles. The molecule has 1 atom stereocenters. The number of aliphatic hydroxyl groups excluding tert-OH is 1. The Hall–Kier alpha value is -0.830. The molecule has 2 aliphatic rings. The Balaban J connectivity index is 1.87. The van der Waals surface area contributed by atoms with Crippen LogP contribution in [0.25, 0.3) is 0 Å². The predicted octanol–water partition coefficient (Wildman–Crippen LogP) is 0.793. The molecule has 0 bridgehead atoms. The van der Waals surface area contributed by atoms with E-state index in [2.05, 4.69) is 12.2 Å². The molecule has 2 rings (SSSR count). The Morgan fingerprint density at radius 1 is 1.43 bits per heavy atom. The summed E-state index contributed by atoms with van der Waals surface area (Å²) in [7, 11) is 0. The van der Waals surface area contributed by atoms with E-state index < -0.39 is 0 Å². The molecule has 0 saturated carbocycles. The molecule has 1 aliphatic carbocycles. The minimum Gasteiger partial charge on any atom is -0.396 e. The molecule has 1 heterocycles. The molecule has 0 spiro atoms. The van der Waals surface area contributed by atoms with Gasteiger partial charge in [-0.2, -0.15) is 0 Å². The van der Waals surface area contributed by atoms with Crippen molar-refractivity contribution in [3.05, 3.63) is 12.2 Å². The van der Waals surface area contributed by atoms with Crippen LogP contribution >= 0.6 is 0 Å². The van der Waals surface area contributed by atoms with Crippen LogP contribution in [0.3, 0.4) is 0 Å². The summed E-state index contributed by atoms with van der Waals surface area (Å²) in [5.74, 6) is 0.784. The van der Waals surface area contributed by atoms with Crippen LogP contribution in [0.15, 0.2) is 12.2 Å². The Morgan fingerprint density at radius 2 is 2.14 bits per heavy atom. The highest BCUT2D eigenvalue weighted by atomic mass is 16.3. The Kier molecular flexibility index (Phi) is 2.87. The first-order valence-electron chi connectivity index (χ1n) is 5.36. The molecule has 3 nitrogen and oxygen atoms in total. The lowest BCUT2D eigenvalue weighted by atomic mass is 10.1. The molecular formula is C11H17NO2. The Morgan fingerprint density at radius 3 is 2.71 bits per heavy atom. The molecule has 1 N–H and O–H groups in total. The number of amides is 1. The average molecular weight is 195 g/mol. The van der Waals surface area contributed by atoms with Gasteiger partial charge >= 0.3 is 0 Å². The normalized spacial score (nSPS) is 27.5. The van der Waals surface area contributed by atoms with Gasteiger partial charge in [0.25, 0.3) is 0 Å². The second-order valence-electron chi connectivity index (χ2n) is 4.26. The molecule has 1 aliphatic heterocycles. The van der Waals surface area contributed by atoms with E-state index in [1.165, 1.54) is 0 Å². The highest BCUT2D eigenvalue weighted by Gasteiger charge is 2.30. The van der Waals surface area contributed by atoms with Crippen LogP contribution in [-0.4, -0.2) is 35.6 Å². The van der Waals surface area contributed by atoms with Crippen molar-refractivity contribution in [1.29, 1.82) is 0 Å². The summed E-state index contributed by atoms with van der Waals surface area (Å²) in [6.45, 7) is 1.80. The number of nitrogens with zero attached hydrogens (tertiary/aromatic N) is 1. The summed E-state index contributed by atoms with van der Waals surface area (Å²) in [6, 6.07) is 0. The highest BCUT2D eigenvalue weighted by molar-refractivity contribution is 5.79. The zero-order valence-corrected chi connectivity index (χ0v) is 8.35. The van der Waals surface area contributed by atoms with Crippen LogP contribution in [0, 0.1) is 11.8 Å². The first-order chi connectivity index (χ1) is 6.81. The number of aliphatic hydroxyl groups is 1. The Labute approximate surface area is 84.4 Å². The molecular weight excluding hydrogens is 178 g/mol. The van der Waals surface area contributed by atoms with Crippen LogP contribution in [0.4, 0.5) is 0 Å². The first-order valence-corrected chi connectivity index (χ1v) is 5.36. The molecule has 0 aromatic rings. The van der Waals surface area contributed by atoms with Gasteiger partial charge in [0, 0.05) is 31.5 Å². The average Bonchev–Trinajstić information content (AvgIpc) is 2.88. The molecule has 14 heavy (non-hydrogen) atoms. The standard InChI is InChI=1S/C11H17NO2/c13-8-9-5-6-12(7-9)11(14)10-3-1-2-4-10/h1-2,9-10,13H,3-8H2/t9-/m1/s1. The summed E-state index contributed by atoms with van der Waals surface area (Å²) in [6.07, 6.45) is 6.94. The third-order valence-electron chi connectivity index (χ3n) is 3.21. The zero-order chi connectivity index (χ0) is 9.97. The van der Waals surface area contributed by atoms with Gasteiger partial charge in [-0.15, -0.1) is 0 Å². The fourth-order valence-corrected chi connectivity index (χ4v) is 2.26. The SMILES string of the molecule is O=C(C1CC=CC1)N1CC[C@@H](CO)C1. The van der Waals surface area contributed by atoms with Gasteiger partial charge in [-0.3, -0.25) is 4.79 Å². The smallest absolute Gasteiger partial charge is 0.226 e. The van der Waals surface area contributed by atoms with E-state index in [1.54, 1.807) is 0 Å². The van der Waals surface area contributed by atoms with Crippen LogP contribution in [0.5, 0.6) is 0 Å². The van der Waals surface area contributed by atoms with Crippen LogP contribution < -0.4 is 0 Å². The van der Waals surface area contributed by atoms with Gasteiger partial charge in [-0.1, -0.05) is 12.2 Å². The van der Waals surface area contributed by atoms with Crippen molar-refractivity contribution in [2.45, 2.75) is 19.3 Å². The van der Waals surface area contributed by atoms with E-state index in [0.717, 1.165) is 32.4 Å². The summed E-state index contributed by atoms with van der Waals surface area (Å²) < 4.78 is 0. The van der Waals surface area contributed by atoms with Crippen molar-refractivity contribution in [2.75, 3.05) is 19.7 Å². The van der Waals surface area contributed by atoms with Crippen LogP contribution in [0.2, 0.25) is 0 Å². The van der Waals surface area contributed by atoms with Gasteiger partial charge in [0.15, 0.2) is 0 Å². The van der Waals surface area contributed by atoms with Crippen molar-refractivity contribution in [3.8, 4) is 0 Å². The molecule has 78 valence electrons. The molecule has 1 amide bonds. The quantitative estimate of drug-likeness (QED) is 0.662. The van der Waals surface area contributed by atoms with E-state index in [9.17, 15) is 4.79 Å².